The molecule has 1 aliphatic heterocycles. The lowest BCUT2D eigenvalue weighted by atomic mass is 9.94. The van der Waals surface area contributed by atoms with Crippen molar-refractivity contribution in [2.75, 3.05) is 20.2 Å². The van der Waals surface area contributed by atoms with E-state index in [1.54, 1.807) is 6.07 Å². The lowest BCUT2D eigenvalue weighted by Crippen LogP contribution is -2.43. The first-order valence-electron chi connectivity index (χ1n) is 8.11. The van der Waals surface area contributed by atoms with Crippen LogP contribution >= 0.6 is 11.6 Å². The van der Waals surface area contributed by atoms with Gasteiger partial charge in [0.1, 0.15) is 10.8 Å². The molecule has 0 spiro atoms. The maximum Gasteiger partial charge on any atom is 0.262 e. The Hall–Kier alpha value is -3.31. The summed E-state index contributed by atoms with van der Waals surface area (Å²) in [6, 6.07) is 6.29. The fourth-order valence-corrected chi connectivity index (χ4v) is 3.02. The van der Waals surface area contributed by atoms with E-state index in [9.17, 15) is 15.2 Å². The number of benzene rings is 1. The van der Waals surface area contributed by atoms with Crippen molar-refractivity contribution in [3.8, 4) is 28.8 Å². The second kappa shape index (κ2) is 7.93. The highest BCUT2D eigenvalue weighted by Crippen LogP contribution is 2.39. The highest BCUT2D eigenvalue weighted by Gasteiger charge is 2.25. The molecule has 1 aromatic heterocycles. The molecule has 1 aliphatic rings. The van der Waals surface area contributed by atoms with Gasteiger partial charge in [-0.15, -0.1) is 0 Å². The highest BCUT2D eigenvalue weighted by molar-refractivity contribution is 6.35. The summed E-state index contributed by atoms with van der Waals surface area (Å²) in [6.07, 6.45) is 2.31. The normalized spacial score (nSPS) is 13.1. The molecule has 0 saturated carbocycles. The number of aromatic hydroxyl groups is 1. The molecule has 1 amide bonds. The van der Waals surface area contributed by atoms with E-state index in [1.807, 2.05) is 6.07 Å². The molecule has 9 heteroatoms. The minimum absolute atomic E-state index is 0.0840. The molecular weight excluding hydrogens is 370 g/mol. The Labute approximate surface area is 160 Å². The van der Waals surface area contributed by atoms with E-state index in [0.29, 0.717) is 24.6 Å². The molecule has 0 atom stereocenters. The number of nitrogens with zero attached hydrogens (tertiary/aromatic N) is 3. The van der Waals surface area contributed by atoms with E-state index in [-0.39, 0.29) is 33.3 Å². The molecule has 0 saturated heterocycles. The summed E-state index contributed by atoms with van der Waals surface area (Å²) < 4.78 is 5.11. The average molecular weight is 386 g/mol. The fourth-order valence-electron chi connectivity index (χ4n) is 2.74. The minimum atomic E-state index is -0.611. The number of phenols is 1. The van der Waals surface area contributed by atoms with E-state index < -0.39 is 5.91 Å². The molecule has 1 aromatic carbocycles. The van der Waals surface area contributed by atoms with Gasteiger partial charge in [0.15, 0.2) is 5.96 Å². The highest BCUT2D eigenvalue weighted by atomic mass is 35.5. The Morgan fingerprint density at radius 2 is 2.26 bits per heavy atom. The Bertz CT molecular complexity index is 968. The summed E-state index contributed by atoms with van der Waals surface area (Å²) in [6.45, 7) is 1.27. The molecule has 0 bridgehead atoms. The Balaban J connectivity index is 2.16. The number of nitrogens with one attached hydrogen (secondary N) is 2. The lowest BCUT2D eigenvalue weighted by Gasteiger charge is -2.18. The SMILES string of the molecule is COc1nccc(-c2c(C#N)ccc(O)c2C(=O)NC2=NCCCN2)c1Cl. The van der Waals surface area contributed by atoms with E-state index in [4.69, 9.17) is 16.3 Å². The number of guanidine groups is 1. The number of halogens is 1. The number of methoxy groups -OCH3 is 1. The van der Waals surface area contributed by atoms with Crippen LogP contribution in [0.3, 0.4) is 0 Å². The maximum absolute atomic E-state index is 12.9. The van der Waals surface area contributed by atoms with Crippen molar-refractivity contribution in [2.24, 2.45) is 4.99 Å². The molecule has 8 nitrogen and oxygen atoms in total. The van der Waals surface area contributed by atoms with Crippen molar-refractivity contribution in [1.29, 1.82) is 5.26 Å². The number of ether oxygens (including phenoxy) is 1. The molecular formula is C18H16ClN5O3. The van der Waals surface area contributed by atoms with Crippen LogP contribution in [-0.4, -0.2) is 42.2 Å². The first-order valence-corrected chi connectivity index (χ1v) is 8.49. The summed E-state index contributed by atoms with van der Waals surface area (Å²) in [5.41, 5.74) is 0.627. The van der Waals surface area contributed by atoms with Gasteiger partial charge in [-0.1, -0.05) is 11.6 Å². The number of carbonyl (C=O) groups is 1. The average Bonchev–Trinajstić information content (AvgIpc) is 2.68. The number of carbonyl (C=O) groups excluding carboxylic acids is 1. The van der Waals surface area contributed by atoms with Gasteiger partial charge in [-0.25, -0.2) is 4.98 Å². The first kappa shape index (κ1) is 18.5. The summed E-state index contributed by atoms with van der Waals surface area (Å²) in [7, 11) is 1.41. The van der Waals surface area contributed by atoms with Crippen LogP contribution in [0.5, 0.6) is 11.6 Å². The number of phenolic OH excluding ortho intramolecular Hbond substituents is 1. The number of aromatic nitrogens is 1. The summed E-state index contributed by atoms with van der Waals surface area (Å²) >= 11 is 6.35. The second-order valence-corrected chi connectivity index (χ2v) is 6.02. The van der Waals surface area contributed by atoms with Crippen LogP contribution in [-0.2, 0) is 0 Å². The van der Waals surface area contributed by atoms with Gasteiger partial charge in [-0.2, -0.15) is 5.26 Å². The van der Waals surface area contributed by atoms with Crippen molar-refractivity contribution < 1.29 is 14.6 Å². The van der Waals surface area contributed by atoms with Crippen molar-refractivity contribution in [3.63, 3.8) is 0 Å². The van der Waals surface area contributed by atoms with Crippen LogP contribution in [0.15, 0.2) is 29.4 Å². The minimum Gasteiger partial charge on any atom is -0.507 e. The summed E-state index contributed by atoms with van der Waals surface area (Å²) in [4.78, 5) is 21.1. The molecule has 138 valence electrons. The van der Waals surface area contributed by atoms with Gasteiger partial charge in [-0.3, -0.25) is 15.1 Å². The Morgan fingerprint density at radius 1 is 1.44 bits per heavy atom. The fraction of sp³-hybridized carbons (Fsp3) is 0.222. The number of hydrogen-bond donors (Lipinski definition) is 3. The third-order valence-corrected chi connectivity index (χ3v) is 4.35. The number of amides is 1. The van der Waals surface area contributed by atoms with Crippen LogP contribution in [0.25, 0.3) is 11.1 Å². The third kappa shape index (κ3) is 3.64. The quantitative estimate of drug-likeness (QED) is 0.744. The van der Waals surface area contributed by atoms with Crippen molar-refractivity contribution >= 4 is 23.5 Å². The largest absolute Gasteiger partial charge is 0.507 e. The standard InChI is InChI=1S/C18H16ClN5O3/c1-27-17-15(19)11(5-8-21-17)13-10(9-20)3-4-12(25)14(13)16(26)24-18-22-6-2-7-23-18/h3-5,8,25H,2,6-7H2,1H3,(H2,22,23,24,26). The summed E-state index contributed by atoms with van der Waals surface area (Å²) in [5, 5.41) is 25.6. The lowest BCUT2D eigenvalue weighted by molar-refractivity contribution is 0.0973. The predicted octanol–water partition coefficient (Wildman–Crippen LogP) is 2.07. The van der Waals surface area contributed by atoms with Gasteiger partial charge >= 0.3 is 0 Å². The number of pyridine rings is 1. The van der Waals surface area contributed by atoms with Crippen molar-refractivity contribution in [3.05, 3.63) is 40.5 Å². The van der Waals surface area contributed by atoms with Gasteiger partial charge < -0.3 is 15.2 Å². The molecule has 27 heavy (non-hydrogen) atoms. The van der Waals surface area contributed by atoms with Crippen molar-refractivity contribution in [1.82, 2.24) is 15.6 Å². The molecule has 3 N–H and O–H groups in total. The predicted molar refractivity (Wildman–Crippen MR) is 100 cm³/mol. The molecule has 2 aromatic rings. The Morgan fingerprint density at radius 3 is 2.93 bits per heavy atom. The van der Waals surface area contributed by atoms with Crippen LogP contribution in [0.1, 0.15) is 22.3 Å². The van der Waals surface area contributed by atoms with Crippen LogP contribution in [0.2, 0.25) is 5.02 Å². The summed E-state index contributed by atoms with van der Waals surface area (Å²) in [5.74, 6) is -0.437. The van der Waals surface area contributed by atoms with E-state index in [0.717, 1.165) is 6.42 Å². The van der Waals surface area contributed by atoms with Crippen LogP contribution in [0.4, 0.5) is 0 Å². The third-order valence-electron chi connectivity index (χ3n) is 3.98. The zero-order valence-electron chi connectivity index (χ0n) is 14.4. The molecule has 0 radical (unpaired) electrons. The van der Waals surface area contributed by atoms with Crippen molar-refractivity contribution in [2.45, 2.75) is 6.42 Å². The Kier molecular flexibility index (Phi) is 5.43. The number of aliphatic imine (C=N–C) groups is 1. The molecule has 2 heterocycles. The topological polar surface area (TPSA) is 120 Å². The number of hydrogen-bond acceptors (Lipinski definition) is 7. The maximum atomic E-state index is 12.9. The van der Waals surface area contributed by atoms with Gasteiger partial charge in [0.05, 0.1) is 24.3 Å². The van der Waals surface area contributed by atoms with Gasteiger partial charge in [0.2, 0.25) is 5.88 Å². The van der Waals surface area contributed by atoms with Crippen LogP contribution in [0, 0.1) is 11.3 Å². The zero-order chi connectivity index (χ0) is 19.4. The number of rotatable bonds is 3. The molecule has 0 fully saturated rings. The molecule has 0 aliphatic carbocycles. The van der Waals surface area contributed by atoms with Crippen LogP contribution < -0.4 is 15.4 Å². The second-order valence-electron chi connectivity index (χ2n) is 5.64. The smallest absolute Gasteiger partial charge is 0.262 e. The number of nitriles is 1. The zero-order valence-corrected chi connectivity index (χ0v) is 15.2. The van der Waals surface area contributed by atoms with Gasteiger partial charge in [0, 0.05) is 30.4 Å². The van der Waals surface area contributed by atoms with Gasteiger partial charge in [0.25, 0.3) is 5.91 Å². The molecule has 0 unspecified atom stereocenters. The van der Waals surface area contributed by atoms with E-state index in [1.165, 1.54) is 25.4 Å². The monoisotopic (exact) mass is 385 g/mol. The first-order chi connectivity index (χ1) is 13.1. The molecule has 3 rings (SSSR count). The van der Waals surface area contributed by atoms with Gasteiger partial charge in [-0.05, 0) is 24.6 Å². The van der Waals surface area contributed by atoms with E-state index >= 15 is 0 Å². The van der Waals surface area contributed by atoms with E-state index in [2.05, 4.69) is 20.6 Å².